The van der Waals surface area contributed by atoms with Crippen LogP contribution in [-0.2, 0) is 4.74 Å². The Morgan fingerprint density at radius 2 is 2.33 bits per heavy atom. The van der Waals surface area contributed by atoms with E-state index in [1.54, 1.807) is 12.4 Å². The van der Waals surface area contributed by atoms with Crippen molar-refractivity contribution in [3.63, 3.8) is 0 Å². The molecule has 3 rings (SSSR count). The lowest BCUT2D eigenvalue weighted by molar-refractivity contribution is -0.0438. The lowest BCUT2D eigenvalue weighted by atomic mass is 9.89. The first-order chi connectivity index (χ1) is 10.3. The van der Waals surface area contributed by atoms with Gasteiger partial charge in [-0.25, -0.2) is 0 Å². The number of ether oxygens (including phenoxy) is 2. The molecule has 0 bridgehead atoms. The second kappa shape index (κ2) is 6.58. The number of anilines is 1. The van der Waals surface area contributed by atoms with Gasteiger partial charge in [0.15, 0.2) is 5.82 Å². The van der Waals surface area contributed by atoms with Gasteiger partial charge in [-0.1, -0.05) is 0 Å². The summed E-state index contributed by atoms with van der Waals surface area (Å²) in [6.07, 6.45) is 6.01. The molecule has 0 unspecified atom stereocenters. The normalized spacial score (nSPS) is 29.6. The molecular formula is C15H23N3O3. The van der Waals surface area contributed by atoms with Gasteiger partial charge in [0.25, 0.3) is 0 Å². The molecule has 21 heavy (non-hydrogen) atoms. The molecule has 3 atom stereocenters. The van der Waals surface area contributed by atoms with Crippen LogP contribution >= 0.6 is 0 Å². The van der Waals surface area contributed by atoms with Crippen LogP contribution in [0.3, 0.4) is 0 Å². The standard InChI is InChI=1S/C15H23N3O3/c1-2-21-15-9-16-8-14(17-15)18-6-3-4-12(18)11-10-20-7-5-13(11)19/h8-9,11-13,19H,2-7,10H2,1H3/t11-,12-,13+/m1/s1. The van der Waals surface area contributed by atoms with E-state index in [0.717, 1.165) is 31.6 Å². The first kappa shape index (κ1) is 14.5. The maximum Gasteiger partial charge on any atom is 0.234 e. The highest BCUT2D eigenvalue weighted by molar-refractivity contribution is 5.40. The van der Waals surface area contributed by atoms with Crippen LogP contribution < -0.4 is 9.64 Å². The van der Waals surface area contributed by atoms with E-state index in [0.29, 0.717) is 25.7 Å². The van der Waals surface area contributed by atoms with Crippen molar-refractivity contribution in [2.75, 3.05) is 31.3 Å². The average molecular weight is 293 g/mol. The molecule has 0 spiro atoms. The largest absolute Gasteiger partial charge is 0.477 e. The Morgan fingerprint density at radius 1 is 1.43 bits per heavy atom. The number of rotatable bonds is 4. The van der Waals surface area contributed by atoms with E-state index in [-0.39, 0.29) is 18.1 Å². The molecule has 2 aliphatic rings. The van der Waals surface area contributed by atoms with Crippen LogP contribution in [0.5, 0.6) is 5.88 Å². The lowest BCUT2D eigenvalue weighted by Gasteiger charge is -2.37. The minimum Gasteiger partial charge on any atom is -0.477 e. The van der Waals surface area contributed by atoms with Gasteiger partial charge in [-0.2, -0.15) is 4.98 Å². The zero-order valence-corrected chi connectivity index (χ0v) is 12.4. The summed E-state index contributed by atoms with van der Waals surface area (Å²) in [4.78, 5) is 11.0. The second-order valence-electron chi connectivity index (χ2n) is 5.65. The number of hydrogen-bond donors (Lipinski definition) is 1. The third-order valence-electron chi connectivity index (χ3n) is 4.34. The van der Waals surface area contributed by atoms with Gasteiger partial charge in [0.2, 0.25) is 5.88 Å². The zero-order chi connectivity index (χ0) is 14.7. The summed E-state index contributed by atoms with van der Waals surface area (Å²) in [5.74, 6) is 1.54. The molecule has 0 saturated carbocycles. The second-order valence-corrected chi connectivity index (χ2v) is 5.65. The van der Waals surface area contributed by atoms with Crippen LogP contribution in [0.25, 0.3) is 0 Å². The third-order valence-corrected chi connectivity index (χ3v) is 4.34. The fourth-order valence-electron chi connectivity index (χ4n) is 3.33. The van der Waals surface area contributed by atoms with Crippen LogP contribution in [0.15, 0.2) is 12.4 Å². The Hall–Kier alpha value is -1.40. The van der Waals surface area contributed by atoms with Gasteiger partial charge in [0, 0.05) is 25.1 Å². The maximum atomic E-state index is 10.3. The first-order valence-electron chi connectivity index (χ1n) is 7.77. The van der Waals surface area contributed by atoms with Gasteiger partial charge in [0.05, 0.1) is 31.7 Å². The molecule has 6 heteroatoms. The monoisotopic (exact) mass is 293 g/mol. The Kier molecular flexibility index (Phi) is 4.55. The minimum atomic E-state index is -0.285. The Labute approximate surface area is 125 Å². The molecule has 1 N–H and O–H groups in total. The Bertz CT molecular complexity index is 471. The summed E-state index contributed by atoms with van der Waals surface area (Å²) in [5.41, 5.74) is 0. The smallest absolute Gasteiger partial charge is 0.234 e. The highest BCUT2D eigenvalue weighted by Gasteiger charge is 2.38. The number of aliphatic hydroxyl groups is 1. The van der Waals surface area contributed by atoms with E-state index in [9.17, 15) is 5.11 Å². The summed E-state index contributed by atoms with van der Waals surface area (Å²) < 4.78 is 11.0. The lowest BCUT2D eigenvalue weighted by Crippen LogP contribution is -2.46. The Morgan fingerprint density at radius 3 is 3.14 bits per heavy atom. The van der Waals surface area contributed by atoms with Gasteiger partial charge in [-0.3, -0.25) is 4.98 Å². The molecule has 0 aromatic carbocycles. The SMILES string of the molecule is CCOc1cncc(N2CCC[C@@H]2[C@H]2COCC[C@@H]2O)n1. The molecule has 2 saturated heterocycles. The van der Waals surface area contributed by atoms with Crippen LogP contribution in [-0.4, -0.2) is 53.6 Å². The van der Waals surface area contributed by atoms with E-state index >= 15 is 0 Å². The summed E-state index contributed by atoms with van der Waals surface area (Å²) in [7, 11) is 0. The van der Waals surface area contributed by atoms with Crippen LogP contribution in [0.2, 0.25) is 0 Å². The third kappa shape index (κ3) is 3.11. The van der Waals surface area contributed by atoms with Gasteiger partial charge in [-0.05, 0) is 26.2 Å². The van der Waals surface area contributed by atoms with E-state index in [1.807, 2.05) is 6.92 Å². The quantitative estimate of drug-likeness (QED) is 0.901. The van der Waals surface area contributed by atoms with Crippen molar-refractivity contribution in [1.29, 1.82) is 0 Å². The van der Waals surface area contributed by atoms with E-state index in [1.165, 1.54) is 0 Å². The minimum absolute atomic E-state index is 0.152. The van der Waals surface area contributed by atoms with Crippen LogP contribution in [0.4, 0.5) is 5.82 Å². The van der Waals surface area contributed by atoms with Crippen LogP contribution in [0, 0.1) is 5.92 Å². The molecule has 0 radical (unpaired) electrons. The van der Waals surface area contributed by atoms with Crippen LogP contribution in [0.1, 0.15) is 26.2 Å². The van der Waals surface area contributed by atoms with Crippen molar-refractivity contribution >= 4 is 5.82 Å². The highest BCUT2D eigenvalue weighted by Crippen LogP contribution is 2.32. The molecular weight excluding hydrogens is 270 g/mol. The van der Waals surface area contributed by atoms with Crippen molar-refractivity contribution < 1.29 is 14.6 Å². The van der Waals surface area contributed by atoms with Crippen molar-refractivity contribution in [3.8, 4) is 5.88 Å². The highest BCUT2D eigenvalue weighted by atomic mass is 16.5. The summed E-state index contributed by atoms with van der Waals surface area (Å²) in [5, 5.41) is 10.3. The molecule has 0 amide bonds. The molecule has 116 valence electrons. The number of aromatic nitrogens is 2. The maximum absolute atomic E-state index is 10.3. The molecule has 1 aromatic heterocycles. The predicted molar refractivity (Wildman–Crippen MR) is 78.5 cm³/mol. The average Bonchev–Trinajstić information content (AvgIpc) is 2.98. The van der Waals surface area contributed by atoms with Crippen molar-refractivity contribution in [2.45, 2.75) is 38.3 Å². The van der Waals surface area contributed by atoms with Gasteiger partial charge in [0.1, 0.15) is 0 Å². The van der Waals surface area contributed by atoms with E-state index in [2.05, 4.69) is 14.9 Å². The van der Waals surface area contributed by atoms with Crippen molar-refractivity contribution in [3.05, 3.63) is 12.4 Å². The topological polar surface area (TPSA) is 67.7 Å². The summed E-state index contributed by atoms with van der Waals surface area (Å²) in [6, 6.07) is 0.270. The van der Waals surface area contributed by atoms with Crippen molar-refractivity contribution in [1.82, 2.24) is 9.97 Å². The Balaban J connectivity index is 1.78. The molecule has 2 fully saturated rings. The zero-order valence-electron chi connectivity index (χ0n) is 12.4. The van der Waals surface area contributed by atoms with Crippen molar-refractivity contribution in [2.24, 2.45) is 5.92 Å². The fraction of sp³-hybridized carbons (Fsp3) is 0.733. The van der Waals surface area contributed by atoms with Gasteiger partial charge >= 0.3 is 0 Å². The predicted octanol–water partition coefficient (Wildman–Crippen LogP) is 1.24. The molecule has 6 nitrogen and oxygen atoms in total. The number of aliphatic hydroxyl groups excluding tert-OH is 1. The summed E-state index contributed by atoms with van der Waals surface area (Å²) >= 11 is 0. The number of nitrogens with zero attached hydrogens (tertiary/aromatic N) is 3. The van der Waals surface area contributed by atoms with Gasteiger partial charge < -0.3 is 19.5 Å². The number of hydrogen-bond acceptors (Lipinski definition) is 6. The molecule has 3 heterocycles. The molecule has 2 aliphatic heterocycles. The molecule has 0 aliphatic carbocycles. The van der Waals surface area contributed by atoms with Gasteiger partial charge in [-0.15, -0.1) is 0 Å². The first-order valence-corrected chi connectivity index (χ1v) is 7.77. The molecule has 1 aromatic rings. The van der Waals surface area contributed by atoms with E-state index in [4.69, 9.17) is 9.47 Å². The fourth-order valence-corrected chi connectivity index (χ4v) is 3.33. The summed E-state index contributed by atoms with van der Waals surface area (Å²) in [6.45, 7) is 4.74. The van der Waals surface area contributed by atoms with E-state index < -0.39 is 0 Å².